The van der Waals surface area contributed by atoms with Crippen LogP contribution >= 0.6 is 11.6 Å². The van der Waals surface area contributed by atoms with Gasteiger partial charge >= 0.3 is 0 Å². The highest BCUT2D eigenvalue weighted by Gasteiger charge is 2.22. The van der Waals surface area contributed by atoms with Crippen LogP contribution in [0.5, 0.6) is 5.75 Å². The Morgan fingerprint density at radius 1 is 1.19 bits per heavy atom. The molecule has 1 saturated heterocycles. The number of nitrogens with one attached hydrogen (secondary N) is 1. The van der Waals surface area contributed by atoms with E-state index in [1.54, 1.807) is 0 Å². The van der Waals surface area contributed by atoms with Crippen molar-refractivity contribution < 1.29 is 9.53 Å². The minimum atomic E-state index is -0.472. The van der Waals surface area contributed by atoms with Gasteiger partial charge in [-0.1, -0.05) is 23.7 Å². The average Bonchev–Trinajstić information content (AvgIpc) is 3.10. The molecule has 2 aromatic rings. The van der Waals surface area contributed by atoms with Crippen LogP contribution in [0, 0.1) is 5.92 Å². The molecule has 6 heteroatoms. The van der Waals surface area contributed by atoms with Crippen LogP contribution in [-0.4, -0.2) is 32.1 Å². The average molecular weight is 374 g/mol. The first-order valence-corrected chi connectivity index (χ1v) is 9.19. The van der Waals surface area contributed by atoms with E-state index in [-0.39, 0.29) is 6.61 Å². The van der Waals surface area contributed by atoms with Crippen molar-refractivity contribution in [3.8, 4) is 5.75 Å². The summed E-state index contributed by atoms with van der Waals surface area (Å²) in [7, 11) is 0. The zero-order valence-electron chi connectivity index (χ0n) is 14.7. The number of amides is 1. The quantitative estimate of drug-likeness (QED) is 0.746. The lowest BCUT2D eigenvalue weighted by Crippen LogP contribution is -2.26. The van der Waals surface area contributed by atoms with Gasteiger partial charge in [-0.3, -0.25) is 4.79 Å². The second-order valence-corrected chi connectivity index (χ2v) is 7.04. The molecule has 26 heavy (non-hydrogen) atoms. The standard InChI is InChI=1S/C20H24ClN3O2/c21-17-3-5-18(6-4-17)24-10-9-16(13-24)12-23-11-15-1-7-19(8-2-15)26-14-20(22)25/h1-8,16,23H,9-14H2,(H2,22,25). The molecule has 0 bridgehead atoms. The van der Waals surface area contributed by atoms with E-state index in [0.717, 1.165) is 31.2 Å². The molecule has 1 amide bonds. The molecule has 1 heterocycles. The van der Waals surface area contributed by atoms with E-state index in [4.69, 9.17) is 22.1 Å². The highest BCUT2D eigenvalue weighted by molar-refractivity contribution is 6.30. The molecule has 138 valence electrons. The van der Waals surface area contributed by atoms with Crippen LogP contribution in [0.25, 0.3) is 0 Å². The maximum absolute atomic E-state index is 10.7. The zero-order chi connectivity index (χ0) is 18.4. The Balaban J connectivity index is 1.40. The van der Waals surface area contributed by atoms with Crippen molar-refractivity contribution in [3.05, 3.63) is 59.1 Å². The maximum atomic E-state index is 10.7. The minimum Gasteiger partial charge on any atom is -0.484 e. The predicted molar refractivity (Wildman–Crippen MR) is 105 cm³/mol. The minimum absolute atomic E-state index is 0.0939. The molecule has 1 unspecified atom stereocenters. The van der Waals surface area contributed by atoms with Crippen molar-refractivity contribution in [3.63, 3.8) is 0 Å². The molecule has 1 aliphatic heterocycles. The molecular weight excluding hydrogens is 350 g/mol. The third-order valence-corrected chi connectivity index (χ3v) is 4.80. The van der Waals surface area contributed by atoms with E-state index in [0.29, 0.717) is 11.7 Å². The van der Waals surface area contributed by atoms with Crippen LogP contribution in [0.3, 0.4) is 0 Å². The van der Waals surface area contributed by atoms with Crippen LogP contribution in [0.1, 0.15) is 12.0 Å². The van der Waals surface area contributed by atoms with E-state index >= 15 is 0 Å². The van der Waals surface area contributed by atoms with Gasteiger partial charge in [-0.25, -0.2) is 0 Å². The Morgan fingerprint density at radius 3 is 2.62 bits per heavy atom. The summed E-state index contributed by atoms with van der Waals surface area (Å²) in [5, 5.41) is 4.31. The van der Waals surface area contributed by atoms with Gasteiger partial charge < -0.3 is 20.7 Å². The van der Waals surface area contributed by atoms with Crippen molar-refractivity contribution in [1.29, 1.82) is 0 Å². The zero-order valence-corrected chi connectivity index (χ0v) is 15.4. The highest BCUT2D eigenvalue weighted by Crippen LogP contribution is 2.24. The molecule has 3 N–H and O–H groups in total. The first-order valence-electron chi connectivity index (χ1n) is 8.81. The van der Waals surface area contributed by atoms with E-state index in [1.165, 1.54) is 17.7 Å². The second kappa shape index (κ2) is 8.92. The van der Waals surface area contributed by atoms with E-state index < -0.39 is 5.91 Å². The second-order valence-electron chi connectivity index (χ2n) is 6.61. The van der Waals surface area contributed by atoms with Gasteiger partial charge in [0.25, 0.3) is 5.91 Å². The third-order valence-electron chi connectivity index (χ3n) is 4.54. The Kier molecular flexibility index (Phi) is 6.36. The summed E-state index contributed by atoms with van der Waals surface area (Å²) in [6.45, 7) is 3.86. The topological polar surface area (TPSA) is 67.6 Å². The van der Waals surface area contributed by atoms with Crippen LogP contribution in [-0.2, 0) is 11.3 Å². The molecule has 1 atom stereocenters. The fraction of sp³-hybridized carbons (Fsp3) is 0.350. The fourth-order valence-electron chi connectivity index (χ4n) is 3.16. The van der Waals surface area contributed by atoms with Crippen molar-refractivity contribution in [2.24, 2.45) is 11.7 Å². The summed E-state index contributed by atoms with van der Waals surface area (Å²) in [6.07, 6.45) is 1.19. The number of primary amides is 1. The molecule has 0 radical (unpaired) electrons. The summed E-state index contributed by atoms with van der Waals surface area (Å²) in [5.41, 5.74) is 7.49. The molecule has 0 spiro atoms. The Morgan fingerprint density at radius 2 is 1.92 bits per heavy atom. The number of anilines is 1. The summed E-state index contributed by atoms with van der Waals surface area (Å²) >= 11 is 5.96. The molecule has 0 saturated carbocycles. The smallest absolute Gasteiger partial charge is 0.255 e. The molecule has 3 rings (SSSR count). The van der Waals surface area contributed by atoms with Gasteiger partial charge in [0, 0.05) is 36.9 Å². The monoisotopic (exact) mass is 373 g/mol. The number of hydrogen-bond acceptors (Lipinski definition) is 4. The summed E-state index contributed by atoms with van der Waals surface area (Å²) in [4.78, 5) is 13.1. The van der Waals surface area contributed by atoms with Crippen LogP contribution < -0.4 is 20.7 Å². The molecular formula is C20H24ClN3O2. The van der Waals surface area contributed by atoms with Crippen molar-refractivity contribution >= 4 is 23.2 Å². The molecule has 2 aromatic carbocycles. The molecule has 1 aliphatic rings. The normalized spacial score (nSPS) is 16.7. The van der Waals surface area contributed by atoms with Gasteiger partial charge in [-0.2, -0.15) is 0 Å². The number of ether oxygens (including phenoxy) is 1. The maximum Gasteiger partial charge on any atom is 0.255 e. The lowest BCUT2D eigenvalue weighted by molar-refractivity contribution is -0.119. The summed E-state index contributed by atoms with van der Waals surface area (Å²) in [6, 6.07) is 15.8. The Labute approximate surface area is 159 Å². The van der Waals surface area contributed by atoms with Gasteiger partial charge in [-0.15, -0.1) is 0 Å². The number of hydrogen-bond donors (Lipinski definition) is 2. The Bertz CT molecular complexity index is 719. The number of rotatable bonds is 8. The van der Waals surface area contributed by atoms with Gasteiger partial charge in [-0.05, 0) is 54.3 Å². The van der Waals surface area contributed by atoms with Crippen molar-refractivity contribution in [2.75, 3.05) is 31.1 Å². The lowest BCUT2D eigenvalue weighted by atomic mass is 10.1. The number of nitrogens with two attached hydrogens (primary N) is 1. The SMILES string of the molecule is NC(=O)COc1ccc(CNCC2CCN(c3ccc(Cl)cc3)C2)cc1. The third kappa shape index (κ3) is 5.38. The van der Waals surface area contributed by atoms with Crippen LogP contribution in [0.15, 0.2) is 48.5 Å². The van der Waals surface area contributed by atoms with E-state index in [2.05, 4.69) is 22.3 Å². The number of nitrogens with zero attached hydrogens (tertiary/aromatic N) is 1. The fourth-order valence-corrected chi connectivity index (χ4v) is 3.29. The highest BCUT2D eigenvalue weighted by atomic mass is 35.5. The predicted octanol–water partition coefficient (Wildman–Crippen LogP) is 2.82. The van der Waals surface area contributed by atoms with Gasteiger partial charge in [0.2, 0.25) is 0 Å². The Hall–Kier alpha value is -2.24. The number of carbonyl (C=O) groups excluding carboxylic acids is 1. The number of carbonyl (C=O) groups is 1. The number of halogens is 1. The van der Waals surface area contributed by atoms with E-state index in [1.807, 2.05) is 36.4 Å². The molecule has 0 aromatic heterocycles. The lowest BCUT2D eigenvalue weighted by Gasteiger charge is -2.19. The first kappa shape index (κ1) is 18.5. The van der Waals surface area contributed by atoms with Gasteiger partial charge in [0.15, 0.2) is 6.61 Å². The summed E-state index contributed by atoms with van der Waals surface area (Å²) < 4.78 is 5.26. The molecule has 1 fully saturated rings. The van der Waals surface area contributed by atoms with Crippen molar-refractivity contribution in [1.82, 2.24) is 5.32 Å². The van der Waals surface area contributed by atoms with E-state index in [9.17, 15) is 4.79 Å². The first-order chi connectivity index (χ1) is 12.6. The molecule has 0 aliphatic carbocycles. The number of benzene rings is 2. The molecule has 5 nitrogen and oxygen atoms in total. The van der Waals surface area contributed by atoms with Crippen molar-refractivity contribution in [2.45, 2.75) is 13.0 Å². The van der Waals surface area contributed by atoms with Gasteiger partial charge in [0.1, 0.15) is 5.75 Å². The van der Waals surface area contributed by atoms with Crippen LogP contribution in [0.4, 0.5) is 5.69 Å². The largest absolute Gasteiger partial charge is 0.484 e. The van der Waals surface area contributed by atoms with Crippen LogP contribution in [0.2, 0.25) is 5.02 Å². The summed E-state index contributed by atoms with van der Waals surface area (Å²) in [5.74, 6) is 0.825. The van der Waals surface area contributed by atoms with Gasteiger partial charge in [0.05, 0.1) is 0 Å².